The van der Waals surface area contributed by atoms with Crippen LogP contribution in [0, 0.1) is 0 Å². The second-order valence-corrected chi connectivity index (χ2v) is 8.41. The van der Waals surface area contributed by atoms with Crippen molar-refractivity contribution >= 4 is 17.7 Å². The normalized spacial score (nSPS) is 12.8. The van der Waals surface area contributed by atoms with Gasteiger partial charge >= 0.3 is 0 Å². The molecule has 176 valence electrons. The summed E-state index contributed by atoms with van der Waals surface area (Å²) in [6.45, 7) is 0.547. The molecule has 3 amide bonds. The quantitative estimate of drug-likeness (QED) is 0.354. The van der Waals surface area contributed by atoms with Gasteiger partial charge in [-0.3, -0.25) is 19.3 Å². The van der Waals surface area contributed by atoms with Gasteiger partial charge in [0.15, 0.2) is 0 Å². The molecule has 35 heavy (non-hydrogen) atoms. The van der Waals surface area contributed by atoms with E-state index in [1.165, 1.54) is 12.3 Å². The zero-order chi connectivity index (χ0) is 24.4. The van der Waals surface area contributed by atoms with E-state index in [1.54, 1.807) is 36.2 Å². The first kappa shape index (κ1) is 22.3. The number of carbonyl (C=O) groups excluding carboxylic acids is 3. The van der Waals surface area contributed by atoms with Crippen LogP contribution in [0.1, 0.15) is 49.0 Å². The average molecular weight is 469 g/mol. The molecule has 0 unspecified atom stereocenters. The van der Waals surface area contributed by atoms with Gasteiger partial charge in [-0.15, -0.1) is 0 Å². The van der Waals surface area contributed by atoms with E-state index in [4.69, 9.17) is 8.94 Å². The van der Waals surface area contributed by atoms with E-state index in [0.29, 0.717) is 36.3 Å². The molecule has 0 aliphatic carbocycles. The Hall–Kier alpha value is -4.46. The van der Waals surface area contributed by atoms with E-state index in [2.05, 4.69) is 5.16 Å². The summed E-state index contributed by atoms with van der Waals surface area (Å²) in [5, 5.41) is 4.12. The summed E-state index contributed by atoms with van der Waals surface area (Å²) in [5.74, 6) is 0.218. The van der Waals surface area contributed by atoms with Crippen molar-refractivity contribution in [3.05, 3.63) is 101 Å². The monoisotopic (exact) mass is 469 g/mol. The molecule has 0 atom stereocenters. The first-order valence-corrected chi connectivity index (χ1v) is 11.3. The van der Waals surface area contributed by atoms with E-state index in [-0.39, 0.29) is 18.0 Å². The molecule has 2 aromatic carbocycles. The van der Waals surface area contributed by atoms with Gasteiger partial charge in [-0.25, -0.2) is 0 Å². The molecule has 0 saturated heterocycles. The Balaban J connectivity index is 1.20. The summed E-state index contributed by atoms with van der Waals surface area (Å²) in [5.41, 5.74) is 2.65. The van der Waals surface area contributed by atoms with Crippen LogP contribution in [-0.4, -0.2) is 46.3 Å². The lowest BCUT2D eigenvalue weighted by molar-refractivity contribution is 0.0631. The van der Waals surface area contributed by atoms with Gasteiger partial charge in [0.2, 0.25) is 0 Å². The molecule has 0 spiro atoms. The highest BCUT2D eigenvalue weighted by molar-refractivity contribution is 6.22. The van der Waals surface area contributed by atoms with Gasteiger partial charge in [0.25, 0.3) is 17.7 Å². The Labute approximate surface area is 201 Å². The molecule has 3 heterocycles. The lowest BCUT2D eigenvalue weighted by atomic mass is 10.0. The van der Waals surface area contributed by atoms with Crippen LogP contribution in [0.5, 0.6) is 0 Å². The minimum absolute atomic E-state index is 0.0517. The molecule has 1 aliphatic rings. The lowest BCUT2D eigenvalue weighted by Gasteiger charge is -2.17. The summed E-state index contributed by atoms with van der Waals surface area (Å²) in [6, 6.07) is 19.7. The van der Waals surface area contributed by atoms with Crippen LogP contribution in [0.2, 0.25) is 0 Å². The Morgan fingerprint density at radius 3 is 2.51 bits per heavy atom. The highest BCUT2D eigenvalue weighted by Gasteiger charge is 2.36. The standard InChI is InChI=1S/C27H23N3O5/c1-29(13-5-9-20-16-24(28-35-20)18-7-3-2-4-8-18)25(31)19-11-12-22-23(15-19)27(33)30(26(22)32)17-21-10-6-14-34-21/h2-4,6-8,10-12,14-16H,5,9,13,17H2,1H3. The van der Waals surface area contributed by atoms with Crippen molar-refractivity contribution in [3.63, 3.8) is 0 Å². The molecule has 0 fully saturated rings. The number of aromatic nitrogens is 1. The van der Waals surface area contributed by atoms with Crippen LogP contribution in [0.15, 0.2) is 81.9 Å². The minimum atomic E-state index is -0.432. The summed E-state index contributed by atoms with van der Waals surface area (Å²) in [6.07, 6.45) is 2.81. The first-order valence-electron chi connectivity index (χ1n) is 11.3. The number of hydrogen-bond donors (Lipinski definition) is 0. The highest BCUT2D eigenvalue weighted by atomic mass is 16.5. The van der Waals surface area contributed by atoms with Gasteiger partial charge in [-0.2, -0.15) is 0 Å². The van der Waals surface area contributed by atoms with Crippen LogP contribution in [0.25, 0.3) is 11.3 Å². The number of furan rings is 1. The number of aryl methyl sites for hydroxylation is 1. The maximum atomic E-state index is 13.0. The molecular weight excluding hydrogens is 446 g/mol. The Bertz CT molecular complexity index is 1380. The summed E-state index contributed by atoms with van der Waals surface area (Å²) >= 11 is 0. The Kier molecular flexibility index (Phi) is 6.01. The van der Waals surface area contributed by atoms with Crippen LogP contribution in [0.3, 0.4) is 0 Å². The lowest BCUT2D eigenvalue weighted by Crippen LogP contribution is -2.29. The van der Waals surface area contributed by atoms with E-state index in [0.717, 1.165) is 21.9 Å². The Morgan fingerprint density at radius 2 is 1.74 bits per heavy atom. The third-order valence-corrected chi connectivity index (χ3v) is 6.00. The van der Waals surface area contributed by atoms with Gasteiger partial charge in [-0.1, -0.05) is 35.5 Å². The van der Waals surface area contributed by atoms with Gasteiger partial charge < -0.3 is 13.8 Å². The minimum Gasteiger partial charge on any atom is -0.467 e. The van der Waals surface area contributed by atoms with Crippen LogP contribution < -0.4 is 0 Å². The number of benzene rings is 2. The molecule has 2 aromatic heterocycles. The molecule has 0 radical (unpaired) electrons. The molecule has 4 aromatic rings. The smallest absolute Gasteiger partial charge is 0.261 e. The van der Waals surface area contributed by atoms with E-state index < -0.39 is 11.8 Å². The van der Waals surface area contributed by atoms with Crippen molar-refractivity contribution in [2.75, 3.05) is 13.6 Å². The fourth-order valence-corrected chi connectivity index (χ4v) is 4.11. The third-order valence-electron chi connectivity index (χ3n) is 6.00. The zero-order valence-corrected chi connectivity index (χ0v) is 19.1. The molecule has 8 heteroatoms. The Morgan fingerprint density at radius 1 is 0.943 bits per heavy atom. The molecule has 0 saturated carbocycles. The number of hydrogen-bond acceptors (Lipinski definition) is 6. The number of amides is 3. The average Bonchev–Trinajstić information content (AvgIpc) is 3.62. The highest BCUT2D eigenvalue weighted by Crippen LogP contribution is 2.26. The topological polar surface area (TPSA) is 96.9 Å². The fourth-order valence-electron chi connectivity index (χ4n) is 4.11. The molecule has 0 bridgehead atoms. The molecule has 1 aliphatic heterocycles. The second kappa shape index (κ2) is 9.42. The van der Waals surface area contributed by atoms with Crippen molar-refractivity contribution in [1.82, 2.24) is 15.0 Å². The SMILES string of the molecule is CN(CCCc1cc(-c2ccccc2)no1)C(=O)c1ccc2c(c1)C(=O)N(Cc1ccco1)C2=O. The van der Waals surface area contributed by atoms with Gasteiger partial charge in [0.1, 0.15) is 17.2 Å². The van der Waals surface area contributed by atoms with Crippen molar-refractivity contribution in [2.24, 2.45) is 0 Å². The second-order valence-electron chi connectivity index (χ2n) is 8.41. The predicted molar refractivity (Wildman–Crippen MR) is 127 cm³/mol. The number of carbonyl (C=O) groups is 3. The summed E-state index contributed by atoms with van der Waals surface area (Å²) in [7, 11) is 1.71. The number of fused-ring (bicyclic) bond motifs is 1. The van der Waals surface area contributed by atoms with Crippen molar-refractivity contribution in [1.29, 1.82) is 0 Å². The van der Waals surface area contributed by atoms with Gasteiger partial charge in [0, 0.05) is 37.2 Å². The number of nitrogens with zero attached hydrogens (tertiary/aromatic N) is 3. The van der Waals surface area contributed by atoms with Gasteiger partial charge in [0.05, 0.1) is 23.9 Å². The predicted octanol–water partition coefficient (Wildman–Crippen LogP) is 4.44. The summed E-state index contributed by atoms with van der Waals surface area (Å²) < 4.78 is 10.7. The van der Waals surface area contributed by atoms with E-state index in [9.17, 15) is 14.4 Å². The maximum absolute atomic E-state index is 13.0. The summed E-state index contributed by atoms with van der Waals surface area (Å²) in [4.78, 5) is 41.2. The number of rotatable bonds is 8. The van der Waals surface area contributed by atoms with Gasteiger partial charge in [-0.05, 0) is 36.8 Å². The maximum Gasteiger partial charge on any atom is 0.261 e. The number of imide groups is 1. The molecule has 8 nitrogen and oxygen atoms in total. The zero-order valence-electron chi connectivity index (χ0n) is 19.1. The van der Waals surface area contributed by atoms with Crippen LogP contribution in [-0.2, 0) is 13.0 Å². The first-order chi connectivity index (χ1) is 17.0. The van der Waals surface area contributed by atoms with Crippen molar-refractivity contribution in [3.8, 4) is 11.3 Å². The molecular formula is C27H23N3O5. The van der Waals surface area contributed by atoms with E-state index in [1.807, 2.05) is 36.4 Å². The third kappa shape index (κ3) is 4.50. The van der Waals surface area contributed by atoms with Crippen LogP contribution >= 0.6 is 0 Å². The van der Waals surface area contributed by atoms with Crippen molar-refractivity contribution < 1.29 is 23.3 Å². The van der Waals surface area contributed by atoms with E-state index >= 15 is 0 Å². The van der Waals surface area contributed by atoms with Crippen molar-refractivity contribution in [2.45, 2.75) is 19.4 Å². The fraction of sp³-hybridized carbons (Fsp3) is 0.185. The largest absolute Gasteiger partial charge is 0.467 e. The van der Waals surface area contributed by atoms with Crippen LogP contribution in [0.4, 0.5) is 0 Å². The molecule has 0 N–H and O–H groups in total. The molecule has 5 rings (SSSR count).